The molecule has 0 saturated carbocycles. The van der Waals surface area contributed by atoms with Gasteiger partial charge in [0.25, 0.3) is 5.91 Å². The molecule has 7 nitrogen and oxygen atoms in total. The number of hydrogen-bond acceptors (Lipinski definition) is 4. The molecular formula is C13H13ClN2O5. The summed E-state index contributed by atoms with van der Waals surface area (Å²) in [5, 5.41) is 20.0. The summed E-state index contributed by atoms with van der Waals surface area (Å²) >= 11 is 5.78. The van der Waals surface area contributed by atoms with Crippen LogP contribution in [0.25, 0.3) is 0 Å². The van der Waals surface area contributed by atoms with Gasteiger partial charge in [0.15, 0.2) is 0 Å². The second kappa shape index (κ2) is 5.69. The fraction of sp³-hybridized carbons (Fsp3) is 0.385. The topological polar surface area (TPSA) is 101 Å². The van der Waals surface area contributed by atoms with Crippen LogP contribution >= 0.6 is 11.6 Å². The number of rotatable bonds is 3. The Kier molecular flexibility index (Phi) is 4.13. The van der Waals surface area contributed by atoms with Gasteiger partial charge >= 0.3 is 11.7 Å². The molecule has 0 radical (unpaired) electrons. The largest absolute Gasteiger partial charge is 0.481 e. The zero-order valence-electron chi connectivity index (χ0n) is 11.2. The molecule has 2 rings (SSSR count). The predicted octanol–water partition coefficient (Wildman–Crippen LogP) is 2.18. The number of aliphatic carboxylic acids is 1. The lowest BCUT2D eigenvalue weighted by molar-refractivity contribution is -0.385. The molecule has 0 bridgehead atoms. The highest BCUT2D eigenvalue weighted by Gasteiger charge is 2.40. The molecule has 112 valence electrons. The van der Waals surface area contributed by atoms with Gasteiger partial charge in [-0.15, -0.1) is 0 Å². The van der Waals surface area contributed by atoms with Crippen LogP contribution in [0, 0.1) is 16.0 Å². The maximum absolute atomic E-state index is 12.5. The molecule has 1 aliphatic heterocycles. The Morgan fingerprint density at radius 3 is 2.67 bits per heavy atom. The van der Waals surface area contributed by atoms with Crippen LogP contribution in [0.1, 0.15) is 23.7 Å². The predicted molar refractivity (Wildman–Crippen MR) is 74.3 cm³/mol. The minimum Gasteiger partial charge on any atom is -0.481 e. The molecule has 8 heteroatoms. The van der Waals surface area contributed by atoms with Crippen molar-refractivity contribution < 1.29 is 19.6 Å². The number of benzene rings is 1. The maximum Gasteiger partial charge on any atom is 0.308 e. The first-order valence-corrected chi connectivity index (χ1v) is 6.69. The van der Waals surface area contributed by atoms with Crippen molar-refractivity contribution >= 4 is 29.2 Å². The average molecular weight is 313 g/mol. The second-order valence-electron chi connectivity index (χ2n) is 4.87. The fourth-order valence-electron chi connectivity index (χ4n) is 2.58. The van der Waals surface area contributed by atoms with E-state index in [1.807, 2.05) is 0 Å². The Labute approximate surface area is 125 Å². The first-order valence-electron chi connectivity index (χ1n) is 6.31. The third-order valence-corrected chi connectivity index (χ3v) is 4.04. The monoisotopic (exact) mass is 312 g/mol. The van der Waals surface area contributed by atoms with E-state index < -0.39 is 34.4 Å². The molecule has 1 heterocycles. The van der Waals surface area contributed by atoms with Crippen molar-refractivity contribution in [2.24, 2.45) is 5.92 Å². The number of amides is 1. The summed E-state index contributed by atoms with van der Waals surface area (Å²) in [4.78, 5) is 35.3. The first kappa shape index (κ1) is 15.2. The summed E-state index contributed by atoms with van der Waals surface area (Å²) in [6, 6.07) is 3.60. The number of nitro groups is 1. The molecule has 1 aromatic carbocycles. The number of hydrogen-bond donors (Lipinski definition) is 1. The van der Waals surface area contributed by atoms with Crippen molar-refractivity contribution in [2.45, 2.75) is 19.4 Å². The van der Waals surface area contributed by atoms with Gasteiger partial charge in [-0.25, -0.2) is 0 Å². The quantitative estimate of drug-likeness (QED) is 0.681. The van der Waals surface area contributed by atoms with Crippen LogP contribution in [0.4, 0.5) is 5.69 Å². The van der Waals surface area contributed by atoms with Gasteiger partial charge < -0.3 is 10.0 Å². The number of carbonyl (C=O) groups is 2. The summed E-state index contributed by atoms with van der Waals surface area (Å²) in [6.07, 6.45) is 0.330. The van der Waals surface area contributed by atoms with E-state index in [4.69, 9.17) is 16.7 Å². The molecular weight excluding hydrogens is 300 g/mol. The Morgan fingerprint density at radius 2 is 2.14 bits per heavy atom. The van der Waals surface area contributed by atoms with Crippen LogP contribution in [0.2, 0.25) is 5.02 Å². The highest BCUT2D eigenvalue weighted by atomic mass is 35.5. The minimum absolute atomic E-state index is 0.118. The number of carbonyl (C=O) groups excluding carboxylic acids is 1. The Balaban J connectivity index is 2.36. The van der Waals surface area contributed by atoms with Crippen LogP contribution in [-0.4, -0.2) is 39.4 Å². The molecule has 1 amide bonds. The number of nitro benzene ring substituents is 1. The van der Waals surface area contributed by atoms with Crippen LogP contribution in [0.15, 0.2) is 18.2 Å². The highest BCUT2D eigenvalue weighted by Crippen LogP contribution is 2.32. The fourth-order valence-corrected chi connectivity index (χ4v) is 2.83. The van der Waals surface area contributed by atoms with Crippen LogP contribution < -0.4 is 0 Å². The summed E-state index contributed by atoms with van der Waals surface area (Å²) in [5.74, 6) is -2.20. The zero-order valence-corrected chi connectivity index (χ0v) is 11.9. The molecule has 2 unspecified atom stereocenters. The van der Waals surface area contributed by atoms with E-state index in [9.17, 15) is 19.7 Å². The molecule has 1 fully saturated rings. The average Bonchev–Trinajstić information content (AvgIpc) is 2.79. The van der Waals surface area contributed by atoms with Gasteiger partial charge in [-0.1, -0.05) is 17.7 Å². The molecule has 0 aromatic heterocycles. The Hall–Kier alpha value is -2.15. The lowest BCUT2D eigenvalue weighted by Gasteiger charge is -2.23. The van der Waals surface area contributed by atoms with Crippen LogP contribution in [0.5, 0.6) is 0 Å². The van der Waals surface area contributed by atoms with Gasteiger partial charge in [-0.3, -0.25) is 19.7 Å². The van der Waals surface area contributed by atoms with Crippen molar-refractivity contribution in [3.8, 4) is 0 Å². The van der Waals surface area contributed by atoms with Crippen LogP contribution in [0.3, 0.4) is 0 Å². The van der Waals surface area contributed by atoms with E-state index in [2.05, 4.69) is 0 Å². The maximum atomic E-state index is 12.5. The molecule has 1 aromatic rings. The normalized spacial score (nSPS) is 21.3. The van der Waals surface area contributed by atoms with Gasteiger partial charge in [-0.05, 0) is 25.5 Å². The van der Waals surface area contributed by atoms with E-state index in [1.54, 1.807) is 6.92 Å². The summed E-state index contributed by atoms with van der Waals surface area (Å²) in [6.45, 7) is 1.88. The molecule has 2 atom stereocenters. The van der Waals surface area contributed by atoms with Gasteiger partial charge in [0.05, 0.1) is 10.8 Å². The number of likely N-dealkylation sites (tertiary alicyclic amines) is 1. The molecule has 0 spiro atoms. The van der Waals surface area contributed by atoms with Crippen molar-refractivity contribution in [3.05, 3.63) is 38.9 Å². The Bertz CT molecular complexity index is 619. The van der Waals surface area contributed by atoms with E-state index in [-0.39, 0.29) is 17.1 Å². The highest BCUT2D eigenvalue weighted by molar-refractivity contribution is 6.33. The molecule has 0 aliphatic carbocycles. The standard InChI is InChI=1S/C13H13ClN2O5/c1-7-8(13(18)19)5-6-15(7)12(17)9-3-2-4-10(14)11(9)16(20)21/h2-4,7-8H,5-6H2,1H3,(H,18,19). The SMILES string of the molecule is CC1C(C(=O)O)CCN1C(=O)c1cccc(Cl)c1[N+](=O)[O-]. The lowest BCUT2D eigenvalue weighted by atomic mass is 10.0. The summed E-state index contributed by atoms with van der Waals surface area (Å²) in [5.41, 5.74) is -0.569. The minimum atomic E-state index is -0.974. The van der Waals surface area contributed by atoms with E-state index in [1.165, 1.54) is 23.1 Å². The zero-order chi connectivity index (χ0) is 15.7. The van der Waals surface area contributed by atoms with Crippen molar-refractivity contribution in [1.29, 1.82) is 0 Å². The summed E-state index contributed by atoms with van der Waals surface area (Å²) < 4.78 is 0. The molecule has 1 saturated heterocycles. The second-order valence-corrected chi connectivity index (χ2v) is 5.27. The smallest absolute Gasteiger partial charge is 0.308 e. The van der Waals surface area contributed by atoms with Gasteiger partial charge in [0.2, 0.25) is 0 Å². The van der Waals surface area contributed by atoms with Gasteiger partial charge in [0, 0.05) is 12.6 Å². The number of halogens is 1. The number of carboxylic acid groups (broad SMARTS) is 1. The van der Waals surface area contributed by atoms with Crippen molar-refractivity contribution in [3.63, 3.8) is 0 Å². The molecule has 21 heavy (non-hydrogen) atoms. The lowest BCUT2D eigenvalue weighted by Crippen LogP contribution is -2.37. The third kappa shape index (κ3) is 2.69. The number of carboxylic acids is 1. The third-order valence-electron chi connectivity index (χ3n) is 3.73. The Morgan fingerprint density at radius 1 is 1.48 bits per heavy atom. The van der Waals surface area contributed by atoms with E-state index in [0.29, 0.717) is 6.42 Å². The van der Waals surface area contributed by atoms with Crippen molar-refractivity contribution in [1.82, 2.24) is 4.90 Å². The number of nitrogens with zero attached hydrogens (tertiary/aromatic N) is 2. The van der Waals surface area contributed by atoms with Gasteiger partial charge in [-0.2, -0.15) is 0 Å². The van der Waals surface area contributed by atoms with Crippen LogP contribution in [-0.2, 0) is 4.79 Å². The first-order chi connectivity index (χ1) is 9.84. The van der Waals surface area contributed by atoms with E-state index >= 15 is 0 Å². The molecule has 1 N–H and O–H groups in total. The number of para-hydroxylation sites is 1. The van der Waals surface area contributed by atoms with Gasteiger partial charge in [0.1, 0.15) is 10.6 Å². The summed E-state index contributed by atoms with van der Waals surface area (Å²) in [7, 11) is 0. The molecule has 1 aliphatic rings. The van der Waals surface area contributed by atoms with E-state index in [0.717, 1.165) is 0 Å². The van der Waals surface area contributed by atoms with Crippen molar-refractivity contribution in [2.75, 3.05) is 6.54 Å².